The summed E-state index contributed by atoms with van der Waals surface area (Å²) in [5, 5.41) is 11.4. The van der Waals surface area contributed by atoms with E-state index < -0.39 is 11.8 Å². The van der Waals surface area contributed by atoms with Crippen LogP contribution in [0.4, 0.5) is 10.1 Å². The van der Waals surface area contributed by atoms with E-state index in [-0.39, 0.29) is 31.0 Å². The Hall–Kier alpha value is -1.93. The number of carboxylic acid groups (broad SMARTS) is 1. The van der Waals surface area contributed by atoms with Crippen molar-refractivity contribution in [1.82, 2.24) is 0 Å². The standard InChI is InChI=1S/C19H18Br2FNO4/c1-3-16(24)23-15-5-10(2)4-12(18(15)22)9-27-19-13(20)6-11(7-14(19)21)8-17(25)26/h4-7H,3,8-9H2,1-2H3,(H,23,24)(H,25,26). The minimum atomic E-state index is -0.939. The minimum Gasteiger partial charge on any atom is -0.486 e. The average Bonchev–Trinajstić information content (AvgIpc) is 2.57. The summed E-state index contributed by atoms with van der Waals surface area (Å²) in [4.78, 5) is 22.4. The van der Waals surface area contributed by atoms with Crippen molar-refractivity contribution in [3.05, 3.63) is 55.7 Å². The molecule has 0 heterocycles. The smallest absolute Gasteiger partial charge is 0.307 e. The van der Waals surface area contributed by atoms with Crippen LogP contribution in [0.3, 0.4) is 0 Å². The summed E-state index contributed by atoms with van der Waals surface area (Å²) in [5.41, 5.74) is 1.81. The molecule has 0 aromatic heterocycles. The summed E-state index contributed by atoms with van der Waals surface area (Å²) in [6, 6.07) is 6.51. The zero-order chi connectivity index (χ0) is 20.1. The number of amides is 1. The molecule has 144 valence electrons. The first kappa shape index (κ1) is 21.4. The van der Waals surface area contributed by atoms with Crippen molar-refractivity contribution in [2.75, 3.05) is 5.32 Å². The van der Waals surface area contributed by atoms with Crippen LogP contribution >= 0.6 is 31.9 Å². The number of carboxylic acids is 1. The lowest BCUT2D eigenvalue weighted by atomic mass is 10.1. The van der Waals surface area contributed by atoms with Crippen LogP contribution in [0.5, 0.6) is 5.75 Å². The monoisotopic (exact) mass is 501 g/mol. The molecule has 0 aliphatic heterocycles. The number of hydrogen-bond acceptors (Lipinski definition) is 3. The topological polar surface area (TPSA) is 75.6 Å². The second kappa shape index (κ2) is 9.32. The van der Waals surface area contributed by atoms with Gasteiger partial charge in [0.1, 0.15) is 12.4 Å². The summed E-state index contributed by atoms with van der Waals surface area (Å²) in [6.45, 7) is 3.44. The molecule has 0 saturated heterocycles. The number of hydrogen-bond donors (Lipinski definition) is 2. The Kier molecular flexibility index (Phi) is 7.38. The molecule has 0 radical (unpaired) electrons. The number of carbonyl (C=O) groups excluding carboxylic acids is 1. The van der Waals surface area contributed by atoms with Gasteiger partial charge >= 0.3 is 5.97 Å². The highest BCUT2D eigenvalue weighted by Crippen LogP contribution is 2.36. The zero-order valence-corrected chi connectivity index (χ0v) is 17.9. The van der Waals surface area contributed by atoms with Crippen molar-refractivity contribution in [2.24, 2.45) is 0 Å². The number of carbonyl (C=O) groups is 2. The maximum absolute atomic E-state index is 14.7. The van der Waals surface area contributed by atoms with Gasteiger partial charge in [-0.15, -0.1) is 0 Å². The third kappa shape index (κ3) is 5.77. The Balaban J connectivity index is 2.24. The SMILES string of the molecule is CCC(=O)Nc1cc(C)cc(COc2c(Br)cc(CC(=O)O)cc2Br)c1F. The molecule has 0 fully saturated rings. The number of ether oxygens (including phenoxy) is 1. The van der Waals surface area contributed by atoms with Crippen LogP contribution in [0.1, 0.15) is 30.0 Å². The molecule has 0 spiro atoms. The van der Waals surface area contributed by atoms with Crippen molar-refractivity contribution in [3.63, 3.8) is 0 Å². The molecule has 1 amide bonds. The third-order valence-corrected chi connectivity index (χ3v) is 4.85. The van der Waals surface area contributed by atoms with Gasteiger partial charge < -0.3 is 15.2 Å². The van der Waals surface area contributed by atoms with Crippen molar-refractivity contribution in [1.29, 1.82) is 0 Å². The first-order chi connectivity index (χ1) is 12.7. The molecule has 0 aliphatic carbocycles. The normalized spacial score (nSPS) is 10.6. The molecule has 0 aliphatic rings. The zero-order valence-electron chi connectivity index (χ0n) is 14.7. The van der Waals surface area contributed by atoms with Gasteiger partial charge in [0.2, 0.25) is 5.91 Å². The molecule has 2 aromatic carbocycles. The quantitative estimate of drug-likeness (QED) is 0.544. The van der Waals surface area contributed by atoms with Crippen LogP contribution in [0.15, 0.2) is 33.2 Å². The van der Waals surface area contributed by atoms with Crippen molar-refractivity contribution < 1.29 is 23.8 Å². The molecule has 0 bridgehead atoms. The van der Waals surface area contributed by atoms with E-state index >= 15 is 0 Å². The fourth-order valence-electron chi connectivity index (χ4n) is 2.46. The summed E-state index contributed by atoms with van der Waals surface area (Å²) < 4.78 is 21.5. The van der Waals surface area contributed by atoms with E-state index in [0.717, 1.165) is 5.56 Å². The Bertz CT molecular complexity index is 863. The number of aryl methyl sites for hydroxylation is 1. The molecular formula is C19H18Br2FNO4. The summed E-state index contributed by atoms with van der Waals surface area (Å²) in [5.74, 6) is -1.32. The van der Waals surface area contributed by atoms with Crippen molar-refractivity contribution in [3.8, 4) is 5.75 Å². The lowest BCUT2D eigenvalue weighted by Gasteiger charge is -2.15. The maximum atomic E-state index is 14.7. The van der Waals surface area contributed by atoms with Gasteiger partial charge in [-0.1, -0.05) is 6.92 Å². The number of halogens is 3. The lowest BCUT2D eigenvalue weighted by molar-refractivity contribution is -0.136. The fourth-order valence-corrected chi connectivity index (χ4v) is 3.97. The number of anilines is 1. The molecule has 0 unspecified atom stereocenters. The van der Waals surface area contributed by atoms with Crippen molar-refractivity contribution >= 4 is 49.4 Å². The largest absolute Gasteiger partial charge is 0.486 e. The van der Waals surface area contributed by atoms with Gasteiger partial charge in [-0.05, 0) is 74.2 Å². The highest BCUT2D eigenvalue weighted by molar-refractivity contribution is 9.11. The van der Waals surface area contributed by atoms with Gasteiger partial charge in [-0.2, -0.15) is 0 Å². The first-order valence-corrected chi connectivity index (χ1v) is 9.71. The summed E-state index contributed by atoms with van der Waals surface area (Å²) >= 11 is 6.70. The molecule has 0 atom stereocenters. The fraction of sp³-hybridized carbons (Fsp3) is 0.263. The highest BCUT2D eigenvalue weighted by Gasteiger charge is 2.15. The Morgan fingerprint density at radius 2 is 1.81 bits per heavy atom. The molecule has 27 heavy (non-hydrogen) atoms. The van der Waals surface area contributed by atoms with Gasteiger partial charge in [0.15, 0.2) is 5.82 Å². The van der Waals surface area contributed by atoms with Crippen LogP contribution in [0, 0.1) is 12.7 Å². The molecule has 2 N–H and O–H groups in total. The predicted molar refractivity (Wildman–Crippen MR) is 108 cm³/mol. The summed E-state index contributed by atoms with van der Waals surface area (Å²) in [6.07, 6.45) is 0.131. The number of aliphatic carboxylic acids is 1. The van der Waals surface area contributed by atoms with E-state index in [4.69, 9.17) is 9.84 Å². The van der Waals surface area contributed by atoms with E-state index in [2.05, 4.69) is 37.2 Å². The highest BCUT2D eigenvalue weighted by atomic mass is 79.9. The Labute approximate surface area is 173 Å². The predicted octanol–water partition coefficient (Wildman–Crippen LogP) is 5.21. The van der Waals surface area contributed by atoms with E-state index in [1.165, 1.54) is 0 Å². The number of nitrogens with one attached hydrogen (secondary N) is 1. The minimum absolute atomic E-state index is 0.0576. The van der Waals surface area contributed by atoms with E-state index in [0.29, 0.717) is 25.8 Å². The van der Waals surface area contributed by atoms with Gasteiger partial charge in [0, 0.05) is 12.0 Å². The molecule has 8 heteroatoms. The number of benzene rings is 2. The average molecular weight is 503 g/mol. The molecule has 0 saturated carbocycles. The number of rotatable bonds is 7. The van der Waals surface area contributed by atoms with Crippen LogP contribution in [0.2, 0.25) is 0 Å². The third-order valence-electron chi connectivity index (χ3n) is 3.67. The van der Waals surface area contributed by atoms with Crippen molar-refractivity contribution in [2.45, 2.75) is 33.3 Å². The first-order valence-electron chi connectivity index (χ1n) is 8.12. The van der Waals surface area contributed by atoms with Gasteiger partial charge in [-0.3, -0.25) is 9.59 Å². The van der Waals surface area contributed by atoms with Crippen LogP contribution < -0.4 is 10.1 Å². The van der Waals surface area contributed by atoms with Crippen LogP contribution in [-0.2, 0) is 22.6 Å². The maximum Gasteiger partial charge on any atom is 0.307 e. The van der Waals surface area contributed by atoms with E-state index in [9.17, 15) is 14.0 Å². The van der Waals surface area contributed by atoms with Gasteiger partial charge in [0.05, 0.1) is 21.1 Å². The Morgan fingerprint density at radius 3 is 2.37 bits per heavy atom. The Morgan fingerprint density at radius 1 is 1.19 bits per heavy atom. The van der Waals surface area contributed by atoms with Gasteiger partial charge in [-0.25, -0.2) is 4.39 Å². The van der Waals surface area contributed by atoms with Crippen LogP contribution in [-0.4, -0.2) is 17.0 Å². The van der Waals surface area contributed by atoms with E-state index in [1.54, 1.807) is 38.1 Å². The molecule has 2 aromatic rings. The second-order valence-electron chi connectivity index (χ2n) is 5.94. The van der Waals surface area contributed by atoms with Gasteiger partial charge in [0.25, 0.3) is 0 Å². The van der Waals surface area contributed by atoms with Crippen LogP contribution in [0.25, 0.3) is 0 Å². The molecule has 2 rings (SSSR count). The molecular weight excluding hydrogens is 485 g/mol. The lowest BCUT2D eigenvalue weighted by Crippen LogP contribution is -2.12. The molecule has 5 nitrogen and oxygen atoms in total. The second-order valence-corrected chi connectivity index (χ2v) is 7.64. The summed E-state index contributed by atoms with van der Waals surface area (Å²) in [7, 11) is 0. The van der Waals surface area contributed by atoms with E-state index in [1.807, 2.05) is 0 Å².